The van der Waals surface area contributed by atoms with Crippen LogP contribution in [0.1, 0.15) is 0 Å². The van der Waals surface area contributed by atoms with Crippen LogP contribution in [0.4, 0.5) is 17.1 Å². The van der Waals surface area contributed by atoms with Crippen molar-refractivity contribution in [3.63, 3.8) is 0 Å². The molecule has 2 heteroatoms. The third kappa shape index (κ3) is 5.74. The molecule has 0 aliphatic heterocycles. The number of para-hydroxylation sites is 1. The Bertz CT molecular complexity index is 3260. The van der Waals surface area contributed by atoms with E-state index in [1.807, 2.05) is 0 Å². The zero-order chi connectivity index (χ0) is 38.4. The van der Waals surface area contributed by atoms with Gasteiger partial charge in [0.15, 0.2) is 0 Å². The number of rotatable bonds is 7. The third-order valence-corrected chi connectivity index (χ3v) is 11.6. The summed E-state index contributed by atoms with van der Waals surface area (Å²) in [5, 5.41) is 7.56. The third-order valence-electron chi connectivity index (χ3n) is 11.6. The second-order valence-electron chi connectivity index (χ2n) is 14.9. The van der Waals surface area contributed by atoms with Gasteiger partial charge in [-0.2, -0.15) is 0 Å². The first-order chi connectivity index (χ1) is 28.8. The summed E-state index contributed by atoms with van der Waals surface area (Å²) >= 11 is 0. The summed E-state index contributed by atoms with van der Waals surface area (Å²) in [7, 11) is 0. The zero-order valence-electron chi connectivity index (χ0n) is 31.8. The van der Waals surface area contributed by atoms with Gasteiger partial charge in [-0.05, 0) is 116 Å². The molecule has 11 aromatic rings. The van der Waals surface area contributed by atoms with Crippen molar-refractivity contribution in [1.82, 2.24) is 4.57 Å². The highest BCUT2D eigenvalue weighted by Gasteiger charge is 2.20. The minimum atomic E-state index is 1.10. The number of hydrogen-bond donors (Lipinski definition) is 0. The van der Waals surface area contributed by atoms with Gasteiger partial charge in [0.05, 0.1) is 11.0 Å². The lowest BCUT2D eigenvalue weighted by molar-refractivity contribution is 1.18. The van der Waals surface area contributed by atoms with Gasteiger partial charge in [-0.1, -0.05) is 170 Å². The Morgan fingerprint density at radius 2 is 0.828 bits per heavy atom. The molecule has 0 amide bonds. The lowest BCUT2D eigenvalue weighted by Crippen LogP contribution is -2.09. The van der Waals surface area contributed by atoms with Crippen molar-refractivity contribution in [2.45, 2.75) is 0 Å². The van der Waals surface area contributed by atoms with E-state index in [0.717, 1.165) is 33.9 Å². The van der Waals surface area contributed by atoms with Crippen LogP contribution in [0.2, 0.25) is 0 Å². The number of benzene rings is 10. The summed E-state index contributed by atoms with van der Waals surface area (Å²) in [4.78, 5) is 2.34. The first kappa shape index (κ1) is 33.6. The first-order valence-corrected chi connectivity index (χ1v) is 19.9. The molecule has 0 N–H and O–H groups in total. The molecule has 58 heavy (non-hydrogen) atoms. The molecule has 0 aliphatic carbocycles. The summed E-state index contributed by atoms with van der Waals surface area (Å²) in [5.41, 5.74) is 14.1. The Balaban J connectivity index is 1.07. The van der Waals surface area contributed by atoms with Crippen molar-refractivity contribution in [3.8, 4) is 39.1 Å². The van der Waals surface area contributed by atoms with Crippen LogP contribution in [0.25, 0.3) is 82.4 Å². The Kier molecular flexibility index (Phi) is 8.19. The van der Waals surface area contributed by atoms with Crippen LogP contribution in [0, 0.1) is 0 Å². The van der Waals surface area contributed by atoms with Crippen molar-refractivity contribution >= 4 is 60.4 Å². The van der Waals surface area contributed by atoms with Crippen LogP contribution < -0.4 is 4.90 Å². The average molecular weight is 739 g/mol. The maximum atomic E-state index is 2.46. The molecule has 0 aliphatic rings. The summed E-state index contributed by atoms with van der Waals surface area (Å²) in [6.45, 7) is 0. The molecule has 10 aromatic carbocycles. The highest BCUT2D eigenvalue weighted by Crippen LogP contribution is 2.44. The predicted molar refractivity (Wildman–Crippen MR) is 247 cm³/mol. The van der Waals surface area contributed by atoms with E-state index in [-0.39, 0.29) is 0 Å². The molecular formula is C56H38N2. The van der Waals surface area contributed by atoms with Gasteiger partial charge in [-0.25, -0.2) is 0 Å². The van der Waals surface area contributed by atoms with Crippen LogP contribution in [0.5, 0.6) is 0 Å². The number of fused-ring (bicyclic) bond motifs is 6. The fourth-order valence-electron chi connectivity index (χ4n) is 8.90. The van der Waals surface area contributed by atoms with Crippen LogP contribution in [-0.2, 0) is 0 Å². The van der Waals surface area contributed by atoms with E-state index in [4.69, 9.17) is 0 Å². The summed E-state index contributed by atoms with van der Waals surface area (Å²) < 4.78 is 2.46. The Hall–Kier alpha value is -7.68. The summed E-state index contributed by atoms with van der Waals surface area (Å²) in [5.74, 6) is 0. The minimum Gasteiger partial charge on any atom is -0.310 e. The normalized spacial score (nSPS) is 11.4. The molecule has 1 aromatic heterocycles. The molecular weight excluding hydrogens is 701 g/mol. The van der Waals surface area contributed by atoms with E-state index in [2.05, 4.69) is 240 Å². The molecule has 2 nitrogen and oxygen atoms in total. The zero-order valence-corrected chi connectivity index (χ0v) is 31.8. The molecule has 0 saturated heterocycles. The fourth-order valence-corrected chi connectivity index (χ4v) is 8.90. The van der Waals surface area contributed by atoms with Gasteiger partial charge in [0.25, 0.3) is 0 Å². The first-order valence-electron chi connectivity index (χ1n) is 19.9. The number of hydrogen-bond acceptors (Lipinski definition) is 1. The van der Waals surface area contributed by atoms with Gasteiger partial charge in [0.2, 0.25) is 0 Å². The van der Waals surface area contributed by atoms with E-state index >= 15 is 0 Å². The molecule has 1 heterocycles. The SMILES string of the molecule is c1ccc(-c2ccc(N(c3ccccc3)c3cccc(-c4cccc(-n5c6cccc(-c7cccc8ccccc78)c6c6c7ccccc7ccc65)c4)c3)cc2)cc1. The van der Waals surface area contributed by atoms with E-state index in [1.54, 1.807) is 0 Å². The summed E-state index contributed by atoms with van der Waals surface area (Å²) in [6, 6.07) is 83.6. The second-order valence-corrected chi connectivity index (χ2v) is 14.9. The lowest BCUT2D eigenvalue weighted by atomic mass is 9.93. The second kappa shape index (κ2) is 14.1. The maximum Gasteiger partial charge on any atom is 0.0547 e. The Morgan fingerprint density at radius 1 is 0.293 bits per heavy atom. The Morgan fingerprint density at radius 3 is 1.64 bits per heavy atom. The monoisotopic (exact) mass is 738 g/mol. The largest absolute Gasteiger partial charge is 0.310 e. The molecule has 0 saturated carbocycles. The number of nitrogens with zero attached hydrogens (tertiary/aromatic N) is 2. The van der Waals surface area contributed by atoms with Crippen LogP contribution in [0.15, 0.2) is 231 Å². The molecule has 0 unspecified atom stereocenters. The highest BCUT2D eigenvalue weighted by molar-refractivity contribution is 6.26. The fraction of sp³-hybridized carbons (Fsp3) is 0. The maximum absolute atomic E-state index is 2.46. The number of anilines is 3. The number of aromatic nitrogens is 1. The van der Waals surface area contributed by atoms with Gasteiger partial charge >= 0.3 is 0 Å². The van der Waals surface area contributed by atoms with Gasteiger partial charge in [0.1, 0.15) is 0 Å². The van der Waals surface area contributed by atoms with E-state index < -0.39 is 0 Å². The topological polar surface area (TPSA) is 8.17 Å². The molecule has 0 fully saturated rings. The van der Waals surface area contributed by atoms with Crippen molar-refractivity contribution in [2.75, 3.05) is 4.90 Å². The van der Waals surface area contributed by atoms with Crippen LogP contribution in [-0.4, -0.2) is 4.57 Å². The minimum absolute atomic E-state index is 1.10. The molecule has 0 atom stereocenters. The van der Waals surface area contributed by atoms with Gasteiger partial charge in [0, 0.05) is 33.5 Å². The molecule has 0 bridgehead atoms. The molecule has 272 valence electrons. The molecule has 0 radical (unpaired) electrons. The predicted octanol–water partition coefficient (Wildman–Crippen LogP) is 15.6. The van der Waals surface area contributed by atoms with Gasteiger partial charge in [-0.15, -0.1) is 0 Å². The van der Waals surface area contributed by atoms with Crippen molar-refractivity contribution in [2.24, 2.45) is 0 Å². The smallest absolute Gasteiger partial charge is 0.0547 e. The van der Waals surface area contributed by atoms with Gasteiger partial charge in [-0.3, -0.25) is 0 Å². The van der Waals surface area contributed by atoms with E-state index in [9.17, 15) is 0 Å². The van der Waals surface area contributed by atoms with Crippen LogP contribution in [0.3, 0.4) is 0 Å². The molecule has 11 rings (SSSR count). The van der Waals surface area contributed by atoms with Crippen LogP contribution >= 0.6 is 0 Å². The average Bonchev–Trinajstić information content (AvgIpc) is 3.65. The lowest BCUT2D eigenvalue weighted by Gasteiger charge is -2.26. The van der Waals surface area contributed by atoms with Crippen molar-refractivity contribution < 1.29 is 0 Å². The van der Waals surface area contributed by atoms with Gasteiger partial charge < -0.3 is 9.47 Å². The Labute approximate surface area is 338 Å². The van der Waals surface area contributed by atoms with E-state index in [1.165, 1.54) is 65.6 Å². The standard InChI is InChI=1S/C56H38N2/c1-3-15-39(16-4-1)40-31-34-46(35-32-40)57(45-22-5-2-6-23-45)47-24-11-20-43(37-47)44-21-12-25-48(38-44)58-53-30-14-29-52(51-28-13-19-41-17-7-9-26-49(41)51)56(53)55-50-27-10-8-18-42(50)33-36-54(55)58/h1-38H. The molecule has 0 spiro atoms. The highest BCUT2D eigenvalue weighted by atomic mass is 15.1. The quantitative estimate of drug-likeness (QED) is 0.158. The summed E-state index contributed by atoms with van der Waals surface area (Å²) in [6.07, 6.45) is 0. The van der Waals surface area contributed by atoms with Crippen molar-refractivity contribution in [3.05, 3.63) is 231 Å². The van der Waals surface area contributed by atoms with E-state index in [0.29, 0.717) is 0 Å². The van der Waals surface area contributed by atoms with Crippen molar-refractivity contribution in [1.29, 1.82) is 0 Å².